The summed E-state index contributed by atoms with van der Waals surface area (Å²) in [6, 6.07) is 14.5. The Labute approximate surface area is 174 Å². The lowest BCUT2D eigenvalue weighted by Crippen LogP contribution is -2.49. The molecule has 2 aromatic rings. The van der Waals surface area contributed by atoms with Gasteiger partial charge in [-0.1, -0.05) is 36.4 Å². The second-order valence-electron chi connectivity index (χ2n) is 8.63. The summed E-state index contributed by atoms with van der Waals surface area (Å²) in [5, 5.41) is 4.20. The standard InChI is InChI=1S/C25H31N3O/c1-17(2)28-23-12-18(3)21(14-22(23)19(4)15-25(28,5)6)16-26-27-24(29)13-20-10-8-7-9-11-20/h7-12,14-17H,13H2,1-6H3,(H,27,29)/b26-16+. The molecule has 1 aliphatic heterocycles. The molecule has 0 aliphatic carbocycles. The molecule has 0 radical (unpaired) electrons. The van der Waals surface area contributed by atoms with E-state index in [1.165, 1.54) is 16.8 Å². The third kappa shape index (κ3) is 4.58. The minimum Gasteiger partial charge on any atom is -0.360 e. The Balaban J connectivity index is 1.81. The number of aryl methyl sites for hydroxylation is 1. The quantitative estimate of drug-likeness (QED) is 0.571. The third-order valence-corrected chi connectivity index (χ3v) is 5.38. The Morgan fingerprint density at radius 3 is 2.52 bits per heavy atom. The summed E-state index contributed by atoms with van der Waals surface area (Å²) >= 11 is 0. The number of carbonyl (C=O) groups excluding carboxylic acids is 1. The predicted molar refractivity (Wildman–Crippen MR) is 122 cm³/mol. The van der Waals surface area contributed by atoms with Gasteiger partial charge in [0.05, 0.1) is 18.2 Å². The van der Waals surface area contributed by atoms with Crippen LogP contribution in [0.4, 0.5) is 5.69 Å². The maximum Gasteiger partial charge on any atom is 0.244 e. The lowest BCUT2D eigenvalue weighted by molar-refractivity contribution is -0.120. The smallest absolute Gasteiger partial charge is 0.244 e. The van der Waals surface area contributed by atoms with Crippen LogP contribution in [0, 0.1) is 6.92 Å². The third-order valence-electron chi connectivity index (χ3n) is 5.38. The number of benzene rings is 2. The van der Waals surface area contributed by atoms with E-state index in [1.807, 2.05) is 30.3 Å². The number of nitrogens with one attached hydrogen (secondary N) is 1. The van der Waals surface area contributed by atoms with E-state index < -0.39 is 0 Å². The number of allylic oxidation sites excluding steroid dienone is 1. The van der Waals surface area contributed by atoms with E-state index in [9.17, 15) is 4.79 Å². The van der Waals surface area contributed by atoms with Crippen LogP contribution in [0.25, 0.3) is 5.57 Å². The topological polar surface area (TPSA) is 44.7 Å². The zero-order chi connectivity index (χ0) is 21.2. The maximum absolute atomic E-state index is 12.1. The molecule has 29 heavy (non-hydrogen) atoms. The SMILES string of the molecule is CC1=CC(C)(C)N(C(C)C)c2cc(C)c(/C=N/NC(=O)Cc3ccccc3)cc21. The van der Waals surface area contributed by atoms with Gasteiger partial charge in [0.2, 0.25) is 5.91 Å². The summed E-state index contributed by atoms with van der Waals surface area (Å²) in [6.07, 6.45) is 4.39. The van der Waals surface area contributed by atoms with Crippen LogP contribution in [0.3, 0.4) is 0 Å². The molecule has 152 valence electrons. The molecule has 4 heteroatoms. The van der Waals surface area contributed by atoms with E-state index in [-0.39, 0.29) is 11.4 Å². The lowest BCUT2D eigenvalue weighted by atomic mass is 9.86. The molecule has 0 unspecified atom stereocenters. The highest BCUT2D eigenvalue weighted by Crippen LogP contribution is 2.41. The van der Waals surface area contributed by atoms with Crippen LogP contribution < -0.4 is 10.3 Å². The van der Waals surface area contributed by atoms with Crippen molar-refractivity contribution in [3.8, 4) is 0 Å². The minimum atomic E-state index is -0.119. The highest BCUT2D eigenvalue weighted by molar-refractivity contribution is 5.90. The number of nitrogens with zero attached hydrogens (tertiary/aromatic N) is 2. The van der Waals surface area contributed by atoms with Gasteiger partial charge in [0.25, 0.3) is 0 Å². The van der Waals surface area contributed by atoms with E-state index in [2.05, 4.69) is 75.2 Å². The summed E-state index contributed by atoms with van der Waals surface area (Å²) in [5.74, 6) is -0.119. The number of hydrazone groups is 1. The summed E-state index contributed by atoms with van der Waals surface area (Å²) < 4.78 is 0. The van der Waals surface area contributed by atoms with Gasteiger partial charge >= 0.3 is 0 Å². The van der Waals surface area contributed by atoms with Crippen molar-refractivity contribution >= 4 is 23.4 Å². The van der Waals surface area contributed by atoms with E-state index >= 15 is 0 Å². The van der Waals surface area contributed by atoms with Crippen molar-refractivity contribution in [2.75, 3.05) is 4.90 Å². The second-order valence-corrected chi connectivity index (χ2v) is 8.63. The largest absolute Gasteiger partial charge is 0.360 e. The van der Waals surface area contributed by atoms with Gasteiger partial charge < -0.3 is 4.90 Å². The fraction of sp³-hybridized carbons (Fsp3) is 0.360. The number of amides is 1. The maximum atomic E-state index is 12.1. The molecule has 0 bridgehead atoms. The van der Waals surface area contributed by atoms with Crippen LogP contribution in [0.1, 0.15) is 56.9 Å². The van der Waals surface area contributed by atoms with E-state index in [0.29, 0.717) is 12.5 Å². The van der Waals surface area contributed by atoms with Gasteiger partial charge in [0.15, 0.2) is 0 Å². The van der Waals surface area contributed by atoms with Crippen LogP contribution in [-0.2, 0) is 11.2 Å². The Kier molecular flexibility index (Phi) is 5.92. The van der Waals surface area contributed by atoms with Gasteiger partial charge in [-0.15, -0.1) is 0 Å². The molecule has 1 aliphatic rings. The molecular formula is C25H31N3O. The van der Waals surface area contributed by atoms with Crippen LogP contribution in [-0.4, -0.2) is 23.7 Å². The molecule has 0 aromatic heterocycles. The van der Waals surface area contributed by atoms with Crippen molar-refractivity contribution in [1.29, 1.82) is 0 Å². The fourth-order valence-corrected chi connectivity index (χ4v) is 4.29. The van der Waals surface area contributed by atoms with Gasteiger partial charge in [-0.05, 0) is 75.9 Å². The molecule has 1 N–H and O–H groups in total. The Hall–Kier alpha value is -2.88. The highest BCUT2D eigenvalue weighted by atomic mass is 16.2. The van der Waals surface area contributed by atoms with E-state index in [0.717, 1.165) is 16.7 Å². The average Bonchev–Trinajstić information content (AvgIpc) is 2.62. The zero-order valence-electron chi connectivity index (χ0n) is 18.3. The molecule has 0 atom stereocenters. The van der Waals surface area contributed by atoms with Crippen LogP contribution >= 0.6 is 0 Å². The molecule has 2 aromatic carbocycles. The summed E-state index contributed by atoms with van der Waals surface area (Å²) in [6.45, 7) is 13.2. The highest BCUT2D eigenvalue weighted by Gasteiger charge is 2.33. The Bertz CT molecular complexity index is 956. The van der Waals surface area contributed by atoms with Gasteiger partial charge in [-0.2, -0.15) is 5.10 Å². The van der Waals surface area contributed by atoms with Crippen LogP contribution in [0.5, 0.6) is 0 Å². The van der Waals surface area contributed by atoms with Crippen molar-refractivity contribution in [2.45, 2.75) is 59.5 Å². The van der Waals surface area contributed by atoms with E-state index in [4.69, 9.17) is 0 Å². The second kappa shape index (κ2) is 8.24. The number of hydrogen-bond donors (Lipinski definition) is 1. The molecule has 0 saturated heterocycles. The number of carbonyl (C=O) groups is 1. The summed E-state index contributed by atoms with van der Waals surface area (Å²) in [7, 11) is 0. The molecule has 1 amide bonds. The number of anilines is 1. The van der Waals surface area contributed by atoms with Gasteiger partial charge in [0.1, 0.15) is 0 Å². The average molecular weight is 390 g/mol. The first-order chi connectivity index (χ1) is 13.7. The molecule has 0 fully saturated rings. The minimum absolute atomic E-state index is 0.0291. The zero-order valence-corrected chi connectivity index (χ0v) is 18.3. The Morgan fingerprint density at radius 1 is 1.17 bits per heavy atom. The fourth-order valence-electron chi connectivity index (χ4n) is 4.29. The van der Waals surface area contributed by atoms with Crippen LogP contribution in [0.2, 0.25) is 0 Å². The number of rotatable bonds is 5. The van der Waals surface area contributed by atoms with E-state index in [1.54, 1.807) is 6.21 Å². The molecule has 0 spiro atoms. The monoisotopic (exact) mass is 389 g/mol. The molecule has 0 saturated carbocycles. The predicted octanol–water partition coefficient (Wildman–Crippen LogP) is 5.10. The van der Waals surface area contributed by atoms with Gasteiger partial charge in [-0.3, -0.25) is 4.79 Å². The first kappa shape index (κ1) is 20.8. The van der Waals surface area contributed by atoms with Crippen molar-refractivity contribution < 1.29 is 4.79 Å². The number of fused-ring (bicyclic) bond motifs is 1. The summed E-state index contributed by atoms with van der Waals surface area (Å²) in [5.41, 5.74) is 9.49. The molecular weight excluding hydrogens is 358 g/mol. The molecule has 1 heterocycles. The van der Waals surface area contributed by atoms with Crippen molar-refractivity contribution in [1.82, 2.24) is 5.43 Å². The first-order valence-corrected chi connectivity index (χ1v) is 10.2. The lowest BCUT2D eigenvalue weighted by Gasteiger charge is -2.46. The Morgan fingerprint density at radius 2 is 1.86 bits per heavy atom. The van der Waals surface area contributed by atoms with Gasteiger partial charge in [0, 0.05) is 17.3 Å². The number of hydrogen-bond acceptors (Lipinski definition) is 3. The van der Waals surface area contributed by atoms with Crippen molar-refractivity contribution in [3.05, 3.63) is 70.8 Å². The summed E-state index contributed by atoms with van der Waals surface area (Å²) in [4.78, 5) is 14.6. The molecule has 4 nitrogen and oxygen atoms in total. The molecule has 3 rings (SSSR count). The first-order valence-electron chi connectivity index (χ1n) is 10.2. The van der Waals surface area contributed by atoms with Crippen LogP contribution in [0.15, 0.2) is 53.6 Å². The van der Waals surface area contributed by atoms with Crippen molar-refractivity contribution in [2.24, 2.45) is 5.10 Å². The normalized spacial score (nSPS) is 15.4. The van der Waals surface area contributed by atoms with Gasteiger partial charge in [-0.25, -0.2) is 5.43 Å². The van der Waals surface area contributed by atoms with Crippen molar-refractivity contribution in [3.63, 3.8) is 0 Å².